The maximum atomic E-state index is 12.6. The topological polar surface area (TPSA) is 98.4 Å². The van der Waals surface area contributed by atoms with Gasteiger partial charge in [0, 0.05) is 55.4 Å². The number of ketones is 1. The lowest BCUT2D eigenvalue weighted by Gasteiger charge is -2.30. The van der Waals surface area contributed by atoms with Crippen LogP contribution in [0.5, 0.6) is 5.75 Å². The molecule has 8 heteroatoms. The van der Waals surface area contributed by atoms with Crippen molar-refractivity contribution < 1.29 is 18.8 Å². The maximum Gasteiger partial charge on any atom is 0.258 e. The Balaban J connectivity index is 1.28. The second-order valence-electron chi connectivity index (χ2n) is 7.95. The summed E-state index contributed by atoms with van der Waals surface area (Å²) in [5.74, 6) is 2.01. The van der Waals surface area contributed by atoms with Crippen LogP contribution in [-0.2, 0) is 4.79 Å². The Bertz CT molecular complexity index is 1090. The highest BCUT2D eigenvalue weighted by molar-refractivity contribution is 5.99. The van der Waals surface area contributed by atoms with Crippen molar-refractivity contribution in [3.63, 3.8) is 0 Å². The van der Waals surface area contributed by atoms with Gasteiger partial charge in [-0.3, -0.25) is 14.6 Å². The molecule has 3 aromatic rings. The molecule has 1 aliphatic heterocycles. The second-order valence-corrected chi connectivity index (χ2v) is 7.95. The molecule has 0 spiro atoms. The van der Waals surface area contributed by atoms with Crippen LogP contribution in [0.15, 0.2) is 47.2 Å². The first kappa shape index (κ1) is 21.7. The third-order valence-corrected chi connectivity index (χ3v) is 5.88. The third-order valence-electron chi connectivity index (χ3n) is 5.88. The average Bonchev–Trinajstić information content (AvgIpc) is 3.33. The summed E-state index contributed by atoms with van der Waals surface area (Å²) in [5.41, 5.74) is 2.33. The number of aromatic nitrogens is 3. The highest BCUT2D eigenvalue weighted by Gasteiger charge is 2.27. The van der Waals surface area contributed by atoms with Crippen molar-refractivity contribution in [2.24, 2.45) is 0 Å². The summed E-state index contributed by atoms with van der Waals surface area (Å²) < 4.78 is 10.6. The minimum absolute atomic E-state index is 0.00792. The molecule has 1 saturated heterocycles. The molecule has 0 aliphatic carbocycles. The summed E-state index contributed by atoms with van der Waals surface area (Å²) in [6.07, 6.45) is 5.32. The van der Waals surface area contributed by atoms with E-state index < -0.39 is 0 Å². The van der Waals surface area contributed by atoms with Crippen LogP contribution in [0.25, 0.3) is 11.5 Å². The second kappa shape index (κ2) is 9.72. The van der Waals surface area contributed by atoms with Crippen LogP contribution >= 0.6 is 0 Å². The van der Waals surface area contributed by atoms with Crippen molar-refractivity contribution in [1.29, 1.82) is 0 Å². The zero-order valence-corrected chi connectivity index (χ0v) is 18.3. The molecule has 1 amide bonds. The van der Waals surface area contributed by atoms with Crippen LogP contribution in [-0.4, -0.2) is 51.9 Å². The van der Waals surface area contributed by atoms with E-state index in [1.807, 2.05) is 30.0 Å². The number of Topliss-reactive ketones (excluding diaryl/α,β-unsaturated/α-hetero) is 1. The van der Waals surface area contributed by atoms with Crippen molar-refractivity contribution in [2.75, 3.05) is 20.2 Å². The molecule has 0 unspecified atom stereocenters. The molecular formula is C24H26N4O4. The number of likely N-dealkylation sites (tertiary alicyclic amines) is 1. The molecule has 3 heterocycles. The van der Waals surface area contributed by atoms with Gasteiger partial charge >= 0.3 is 0 Å². The molecule has 0 N–H and O–H groups in total. The molecule has 0 bridgehead atoms. The molecule has 0 radical (unpaired) electrons. The number of piperidine rings is 1. The number of amides is 1. The highest BCUT2D eigenvalue weighted by Crippen LogP contribution is 2.28. The van der Waals surface area contributed by atoms with Gasteiger partial charge in [-0.25, -0.2) is 0 Å². The number of rotatable bonds is 7. The lowest BCUT2D eigenvalue weighted by atomic mass is 9.95. The van der Waals surface area contributed by atoms with Crippen molar-refractivity contribution in [3.05, 3.63) is 59.7 Å². The molecule has 1 fully saturated rings. The van der Waals surface area contributed by atoms with Crippen LogP contribution < -0.4 is 4.74 Å². The Labute approximate surface area is 186 Å². The lowest BCUT2D eigenvalue weighted by Crippen LogP contribution is -2.38. The minimum Gasteiger partial charge on any atom is -0.497 e. The van der Waals surface area contributed by atoms with E-state index in [2.05, 4.69) is 15.1 Å². The fraction of sp³-hybridized carbons (Fsp3) is 0.375. The molecule has 8 nitrogen and oxygen atoms in total. The van der Waals surface area contributed by atoms with Crippen LogP contribution in [0.4, 0.5) is 0 Å². The van der Waals surface area contributed by atoms with Gasteiger partial charge in [0.05, 0.1) is 7.11 Å². The van der Waals surface area contributed by atoms with Crippen molar-refractivity contribution in [1.82, 2.24) is 20.0 Å². The highest BCUT2D eigenvalue weighted by atomic mass is 16.5. The Kier molecular flexibility index (Phi) is 6.58. The van der Waals surface area contributed by atoms with E-state index in [1.165, 1.54) is 0 Å². The SMILES string of the molecule is COc1ccc(C(=O)CCC(=O)N2CCC(c3noc(-c4ccncc4)n3)CC2)c(C)c1. The number of ether oxygens (including phenoxy) is 1. The van der Waals surface area contributed by atoms with E-state index in [9.17, 15) is 9.59 Å². The van der Waals surface area contributed by atoms with Crippen molar-refractivity contribution in [3.8, 4) is 17.2 Å². The Morgan fingerprint density at radius 3 is 2.56 bits per heavy atom. The fourth-order valence-electron chi connectivity index (χ4n) is 3.99. The lowest BCUT2D eigenvalue weighted by molar-refractivity contribution is -0.132. The van der Waals surface area contributed by atoms with Crippen molar-refractivity contribution >= 4 is 11.7 Å². The van der Waals surface area contributed by atoms with E-state index in [0.717, 1.165) is 24.0 Å². The summed E-state index contributed by atoms with van der Waals surface area (Å²) in [6.45, 7) is 3.12. The molecular weight excluding hydrogens is 408 g/mol. The quantitative estimate of drug-likeness (QED) is 0.521. The summed E-state index contributed by atoms with van der Waals surface area (Å²) in [4.78, 5) is 35.6. The number of pyridine rings is 1. The number of methoxy groups -OCH3 is 1. The Hall–Kier alpha value is -3.55. The molecule has 2 aromatic heterocycles. The molecule has 0 atom stereocenters. The fourth-order valence-corrected chi connectivity index (χ4v) is 3.99. The first-order chi connectivity index (χ1) is 15.5. The largest absolute Gasteiger partial charge is 0.497 e. The monoisotopic (exact) mass is 434 g/mol. The summed E-state index contributed by atoms with van der Waals surface area (Å²) in [7, 11) is 1.59. The zero-order valence-electron chi connectivity index (χ0n) is 18.3. The predicted octanol–water partition coefficient (Wildman–Crippen LogP) is 3.82. The average molecular weight is 434 g/mol. The van der Waals surface area contributed by atoms with Gasteiger partial charge in [0.1, 0.15) is 5.75 Å². The molecule has 32 heavy (non-hydrogen) atoms. The van der Waals surface area contributed by atoms with Gasteiger partial charge in [-0.15, -0.1) is 0 Å². The number of carbonyl (C=O) groups excluding carboxylic acids is 2. The number of hydrogen-bond acceptors (Lipinski definition) is 7. The van der Waals surface area contributed by atoms with E-state index in [1.54, 1.807) is 31.6 Å². The third kappa shape index (κ3) is 4.85. The van der Waals surface area contributed by atoms with Crippen LogP contribution in [0.1, 0.15) is 53.3 Å². The van der Waals surface area contributed by atoms with Gasteiger partial charge in [0.25, 0.3) is 5.89 Å². The van der Waals surface area contributed by atoms with E-state index in [4.69, 9.17) is 9.26 Å². The first-order valence-corrected chi connectivity index (χ1v) is 10.7. The summed E-state index contributed by atoms with van der Waals surface area (Å²) >= 11 is 0. The van der Waals surface area contributed by atoms with E-state index in [-0.39, 0.29) is 30.4 Å². The number of nitrogens with zero attached hydrogens (tertiary/aromatic N) is 4. The standard InChI is InChI=1S/C24H26N4O4/c1-16-15-19(31-2)3-4-20(16)21(29)5-6-22(30)28-13-9-17(10-14-28)23-26-24(32-27-23)18-7-11-25-12-8-18/h3-4,7-8,11-12,15,17H,5-6,9-10,13-14H2,1-2H3. The van der Waals surface area contributed by atoms with Gasteiger partial charge in [-0.05, 0) is 55.7 Å². The molecule has 4 rings (SSSR count). The minimum atomic E-state index is -0.0242. The normalized spacial score (nSPS) is 14.4. The number of carbonyl (C=O) groups is 2. The van der Waals surface area contributed by atoms with Crippen LogP contribution in [0, 0.1) is 6.92 Å². The Morgan fingerprint density at radius 2 is 1.88 bits per heavy atom. The van der Waals surface area contributed by atoms with E-state index >= 15 is 0 Å². The van der Waals surface area contributed by atoms with Gasteiger partial charge in [-0.2, -0.15) is 4.98 Å². The number of benzene rings is 1. The van der Waals surface area contributed by atoms with Gasteiger partial charge in [-0.1, -0.05) is 5.16 Å². The number of hydrogen-bond donors (Lipinski definition) is 0. The molecule has 1 aromatic carbocycles. The van der Waals surface area contributed by atoms with Gasteiger partial charge in [0.2, 0.25) is 5.91 Å². The molecule has 166 valence electrons. The van der Waals surface area contributed by atoms with Crippen molar-refractivity contribution in [2.45, 2.75) is 38.5 Å². The molecule has 1 aliphatic rings. The smallest absolute Gasteiger partial charge is 0.258 e. The summed E-state index contributed by atoms with van der Waals surface area (Å²) in [6, 6.07) is 9.01. The van der Waals surface area contributed by atoms with Gasteiger partial charge in [0.15, 0.2) is 11.6 Å². The molecule has 0 saturated carbocycles. The van der Waals surface area contributed by atoms with Crippen LogP contribution in [0.3, 0.4) is 0 Å². The van der Waals surface area contributed by atoms with Crippen LogP contribution in [0.2, 0.25) is 0 Å². The zero-order chi connectivity index (χ0) is 22.5. The maximum absolute atomic E-state index is 12.6. The first-order valence-electron chi connectivity index (χ1n) is 10.7. The predicted molar refractivity (Wildman–Crippen MR) is 117 cm³/mol. The summed E-state index contributed by atoms with van der Waals surface area (Å²) in [5, 5.41) is 4.14. The number of aryl methyl sites for hydroxylation is 1. The van der Waals surface area contributed by atoms with E-state index in [0.29, 0.717) is 36.1 Å². The Morgan fingerprint density at radius 1 is 1.12 bits per heavy atom. The van der Waals surface area contributed by atoms with Gasteiger partial charge < -0.3 is 14.2 Å².